The van der Waals surface area contributed by atoms with Crippen molar-refractivity contribution in [3.63, 3.8) is 0 Å². The molecule has 0 spiro atoms. The average molecular weight is 261 g/mol. The van der Waals surface area contributed by atoms with Crippen LogP contribution in [0.3, 0.4) is 0 Å². The summed E-state index contributed by atoms with van der Waals surface area (Å²) in [4.78, 5) is 16.2. The first-order chi connectivity index (χ1) is 9.20. The maximum atomic E-state index is 12.0. The molecule has 0 radical (unpaired) electrons. The van der Waals surface area contributed by atoms with Crippen molar-refractivity contribution >= 4 is 5.91 Å². The highest BCUT2D eigenvalue weighted by atomic mass is 16.2. The van der Waals surface area contributed by atoms with Crippen LogP contribution in [0.4, 0.5) is 0 Å². The van der Waals surface area contributed by atoms with Crippen molar-refractivity contribution in [3.8, 4) is 0 Å². The van der Waals surface area contributed by atoms with E-state index in [0.29, 0.717) is 12.6 Å². The molecule has 1 atom stereocenters. The van der Waals surface area contributed by atoms with Crippen LogP contribution < -0.4 is 5.73 Å². The topological polar surface area (TPSA) is 49.6 Å². The van der Waals surface area contributed by atoms with Gasteiger partial charge in [0.25, 0.3) is 0 Å². The first-order valence-electron chi connectivity index (χ1n) is 6.92. The largest absolute Gasteiger partial charge is 0.336 e. The summed E-state index contributed by atoms with van der Waals surface area (Å²) in [5, 5.41) is 0. The van der Waals surface area contributed by atoms with E-state index in [1.807, 2.05) is 23.1 Å². The number of hydrogen-bond acceptors (Lipinski definition) is 3. The minimum Gasteiger partial charge on any atom is -0.336 e. The van der Waals surface area contributed by atoms with Crippen LogP contribution in [0.2, 0.25) is 0 Å². The predicted molar refractivity (Wildman–Crippen MR) is 76.6 cm³/mol. The third-order valence-electron chi connectivity index (χ3n) is 3.85. The van der Waals surface area contributed by atoms with Gasteiger partial charge in [0.15, 0.2) is 0 Å². The number of nitrogens with two attached hydrogens (primary N) is 1. The Kier molecular flexibility index (Phi) is 4.93. The van der Waals surface area contributed by atoms with Gasteiger partial charge in [-0.05, 0) is 32.0 Å². The molecule has 1 aliphatic heterocycles. The first-order valence-corrected chi connectivity index (χ1v) is 6.92. The Bertz CT molecular complexity index is 407. The van der Waals surface area contributed by atoms with Gasteiger partial charge >= 0.3 is 0 Å². The lowest BCUT2D eigenvalue weighted by Gasteiger charge is -2.29. The normalized spacial score (nSPS) is 19.6. The zero-order chi connectivity index (χ0) is 13.7. The Morgan fingerprint density at radius 3 is 2.74 bits per heavy atom. The van der Waals surface area contributed by atoms with Crippen LogP contribution >= 0.6 is 0 Å². The number of likely N-dealkylation sites (N-methyl/N-ethyl adjacent to an activating group) is 1. The maximum Gasteiger partial charge on any atom is 0.236 e. The molecule has 1 amide bonds. The second kappa shape index (κ2) is 6.68. The molecule has 19 heavy (non-hydrogen) atoms. The molecule has 1 aromatic rings. The van der Waals surface area contributed by atoms with Crippen molar-refractivity contribution in [2.24, 2.45) is 5.73 Å². The molecule has 0 saturated carbocycles. The lowest BCUT2D eigenvalue weighted by Crippen LogP contribution is -2.43. The van der Waals surface area contributed by atoms with E-state index < -0.39 is 0 Å². The molecule has 4 nitrogen and oxygen atoms in total. The zero-order valence-electron chi connectivity index (χ0n) is 11.6. The Morgan fingerprint density at radius 2 is 2.16 bits per heavy atom. The number of rotatable bonds is 5. The summed E-state index contributed by atoms with van der Waals surface area (Å²) in [5.41, 5.74) is 6.69. The lowest BCUT2D eigenvalue weighted by atomic mass is 10.1. The third-order valence-corrected chi connectivity index (χ3v) is 3.85. The summed E-state index contributed by atoms with van der Waals surface area (Å²) in [5.74, 6) is 0.0316. The summed E-state index contributed by atoms with van der Waals surface area (Å²) < 4.78 is 0. The van der Waals surface area contributed by atoms with E-state index in [2.05, 4.69) is 24.1 Å². The molecule has 104 valence electrons. The third kappa shape index (κ3) is 3.78. The molecule has 0 bridgehead atoms. The highest BCUT2D eigenvalue weighted by molar-refractivity contribution is 5.78. The zero-order valence-corrected chi connectivity index (χ0v) is 11.6. The van der Waals surface area contributed by atoms with Crippen molar-refractivity contribution < 1.29 is 4.79 Å². The SMILES string of the molecule is CN1CCCC1CN(Cc1ccccc1)C(=O)CN. The number of hydrogen-bond donors (Lipinski definition) is 1. The lowest BCUT2D eigenvalue weighted by molar-refractivity contribution is -0.131. The molecule has 1 saturated heterocycles. The van der Waals surface area contributed by atoms with E-state index in [9.17, 15) is 4.79 Å². The summed E-state index contributed by atoms with van der Waals surface area (Å²) >= 11 is 0. The van der Waals surface area contributed by atoms with Gasteiger partial charge in [-0.1, -0.05) is 30.3 Å². The molecule has 1 heterocycles. The number of nitrogens with zero attached hydrogens (tertiary/aromatic N) is 2. The molecule has 2 N–H and O–H groups in total. The predicted octanol–water partition coefficient (Wildman–Crippen LogP) is 1.07. The van der Waals surface area contributed by atoms with Crippen molar-refractivity contribution in [3.05, 3.63) is 35.9 Å². The fourth-order valence-corrected chi connectivity index (χ4v) is 2.65. The van der Waals surface area contributed by atoms with Crippen molar-refractivity contribution in [2.45, 2.75) is 25.4 Å². The molecular formula is C15H23N3O. The molecule has 4 heteroatoms. The molecule has 1 unspecified atom stereocenters. The van der Waals surface area contributed by atoms with Gasteiger partial charge in [0.1, 0.15) is 0 Å². The summed E-state index contributed by atoms with van der Waals surface area (Å²) in [6, 6.07) is 10.6. The monoisotopic (exact) mass is 261 g/mol. The van der Waals surface area contributed by atoms with E-state index in [1.54, 1.807) is 0 Å². The molecular weight excluding hydrogens is 238 g/mol. The van der Waals surface area contributed by atoms with E-state index >= 15 is 0 Å². The molecule has 0 aliphatic carbocycles. The molecule has 1 fully saturated rings. The van der Waals surface area contributed by atoms with Gasteiger partial charge in [0.2, 0.25) is 5.91 Å². The number of benzene rings is 1. The molecule has 0 aromatic heterocycles. The summed E-state index contributed by atoms with van der Waals surface area (Å²) in [6.45, 7) is 2.65. The van der Waals surface area contributed by atoms with Gasteiger partial charge in [-0.2, -0.15) is 0 Å². The fourth-order valence-electron chi connectivity index (χ4n) is 2.65. The molecule has 1 aromatic carbocycles. The number of amides is 1. The number of carbonyl (C=O) groups excluding carboxylic acids is 1. The van der Waals surface area contributed by atoms with Gasteiger partial charge in [-0.3, -0.25) is 4.79 Å². The van der Waals surface area contributed by atoms with Crippen molar-refractivity contribution in [1.29, 1.82) is 0 Å². The van der Waals surface area contributed by atoms with E-state index in [1.165, 1.54) is 12.8 Å². The van der Waals surface area contributed by atoms with Crippen molar-refractivity contribution in [1.82, 2.24) is 9.80 Å². The smallest absolute Gasteiger partial charge is 0.236 e. The maximum absolute atomic E-state index is 12.0. The number of carbonyl (C=O) groups is 1. The van der Waals surface area contributed by atoms with Crippen molar-refractivity contribution in [2.75, 3.05) is 26.7 Å². The van der Waals surface area contributed by atoms with Gasteiger partial charge in [-0.25, -0.2) is 0 Å². The Labute approximate surface area is 115 Å². The first kappa shape index (κ1) is 14.0. The Balaban J connectivity index is 2.01. The van der Waals surface area contributed by atoms with Gasteiger partial charge in [0, 0.05) is 19.1 Å². The fraction of sp³-hybridized carbons (Fsp3) is 0.533. The second-order valence-corrected chi connectivity index (χ2v) is 5.24. The van der Waals surface area contributed by atoms with Crippen LogP contribution in [-0.4, -0.2) is 48.4 Å². The van der Waals surface area contributed by atoms with Crippen LogP contribution in [0.15, 0.2) is 30.3 Å². The van der Waals surface area contributed by atoms with Crippen LogP contribution in [0.1, 0.15) is 18.4 Å². The standard InChI is InChI=1S/C15H23N3O/c1-17-9-5-8-14(17)12-18(15(19)10-16)11-13-6-3-2-4-7-13/h2-4,6-7,14H,5,8-12,16H2,1H3. The second-order valence-electron chi connectivity index (χ2n) is 5.24. The minimum absolute atomic E-state index is 0.0316. The van der Waals surface area contributed by atoms with E-state index in [0.717, 1.165) is 18.7 Å². The van der Waals surface area contributed by atoms with Gasteiger partial charge in [-0.15, -0.1) is 0 Å². The van der Waals surface area contributed by atoms with Gasteiger partial charge < -0.3 is 15.5 Å². The van der Waals surface area contributed by atoms with Crippen LogP contribution in [0.25, 0.3) is 0 Å². The Morgan fingerprint density at radius 1 is 1.42 bits per heavy atom. The van der Waals surface area contributed by atoms with Gasteiger partial charge in [0.05, 0.1) is 6.54 Å². The highest BCUT2D eigenvalue weighted by Crippen LogP contribution is 2.17. The summed E-state index contributed by atoms with van der Waals surface area (Å²) in [6.07, 6.45) is 2.39. The highest BCUT2D eigenvalue weighted by Gasteiger charge is 2.25. The number of likely N-dealkylation sites (tertiary alicyclic amines) is 1. The van der Waals surface area contributed by atoms with Crippen LogP contribution in [0.5, 0.6) is 0 Å². The van der Waals surface area contributed by atoms with E-state index in [4.69, 9.17) is 5.73 Å². The van der Waals surface area contributed by atoms with E-state index in [-0.39, 0.29) is 12.5 Å². The molecule has 2 rings (SSSR count). The van der Waals surface area contributed by atoms with Crippen LogP contribution in [0, 0.1) is 0 Å². The minimum atomic E-state index is 0.0316. The summed E-state index contributed by atoms with van der Waals surface area (Å²) in [7, 11) is 2.13. The Hall–Kier alpha value is -1.39. The van der Waals surface area contributed by atoms with Crippen LogP contribution in [-0.2, 0) is 11.3 Å². The average Bonchev–Trinajstić information content (AvgIpc) is 2.84. The quantitative estimate of drug-likeness (QED) is 0.862. The molecule has 1 aliphatic rings.